The molecule has 1 aromatic carbocycles. The molecule has 0 aliphatic rings. The highest BCUT2D eigenvalue weighted by molar-refractivity contribution is 5.98. The van der Waals surface area contributed by atoms with Crippen molar-refractivity contribution in [2.75, 3.05) is 6.54 Å². The van der Waals surface area contributed by atoms with Gasteiger partial charge in [0.25, 0.3) is 11.6 Å². The molecule has 0 aliphatic heterocycles. The number of hydrogen-bond donors (Lipinski definition) is 2. The zero-order valence-corrected chi connectivity index (χ0v) is 11.9. The summed E-state index contributed by atoms with van der Waals surface area (Å²) in [5, 5.41) is 21.7. The van der Waals surface area contributed by atoms with E-state index in [1.807, 2.05) is 0 Å². The molecule has 0 heterocycles. The van der Waals surface area contributed by atoms with Crippen LogP contribution in [0.5, 0.6) is 0 Å². The predicted octanol–water partition coefficient (Wildman–Crippen LogP) is 2.45. The molecule has 126 valence electrons. The Bertz CT molecular complexity index is 631. The summed E-state index contributed by atoms with van der Waals surface area (Å²) < 4.78 is 37.7. The van der Waals surface area contributed by atoms with Gasteiger partial charge in [0, 0.05) is 19.0 Å². The highest BCUT2D eigenvalue weighted by Crippen LogP contribution is 2.32. The molecule has 10 heteroatoms. The first-order valence-corrected chi connectivity index (χ1v) is 6.38. The molecule has 0 aromatic heterocycles. The van der Waals surface area contributed by atoms with Crippen molar-refractivity contribution >= 4 is 17.6 Å². The standard InChI is InChI=1S/C13H13F3N2O5/c1-7(4-11(19)20)6-17-12(21)9-3-2-8(13(14,15)16)5-10(9)18(22)23/h2-3,5,7H,4,6H2,1H3,(H,17,21)(H,19,20). The number of alkyl halides is 3. The summed E-state index contributed by atoms with van der Waals surface area (Å²) in [5.74, 6) is -2.46. The van der Waals surface area contributed by atoms with Crippen LogP contribution in [0.25, 0.3) is 0 Å². The number of halogens is 3. The zero-order valence-electron chi connectivity index (χ0n) is 11.9. The predicted molar refractivity (Wildman–Crippen MR) is 71.8 cm³/mol. The van der Waals surface area contributed by atoms with E-state index in [0.717, 1.165) is 6.07 Å². The fraction of sp³-hybridized carbons (Fsp3) is 0.385. The molecule has 1 unspecified atom stereocenters. The molecule has 23 heavy (non-hydrogen) atoms. The topological polar surface area (TPSA) is 110 Å². The summed E-state index contributed by atoms with van der Waals surface area (Å²) in [6, 6.07) is 1.58. The first-order valence-electron chi connectivity index (χ1n) is 6.38. The van der Waals surface area contributed by atoms with Gasteiger partial charge >= 0.3 is 12.1 Å². The lowest BCUT2D eigenvalue weighted by molar-refractivity contribution is -0.385. The van der Waals surface area contributed by atoms with Gasteiger partial charge in [-0.25, -0.2) is 0 Å². The summed E-state index contributed by atoms with van der Waals surface area (Å²) in [7, 11) is 0. The Morgan fingerprint density at radius 3 is 2.48 bits per heavy atom. The quantitative estimate of drug-likeness (QED) is 0.613. The van der Waals surface area contributed by atoms with E-state index in [1.54, 1.807) is 0 Å². The summed E-state index contributed by atoms with van der Waals surface area (Å²) in [4.78, 5) is 32.2. The number of benzene rings is 1. The van der Waals surface area contributed by atoms with Crippen LogP contribution in [0.2, 0.25) is 0 Å². The van der Waals surface area contributed by atoms with E-state index in [4.69, 9.17) is 5.11 Å². The van der Waals surface area contributed by atoms with Crippen molar-refractivity contribution in [3.8, 4) is 0 Å². The Hall–Kier alpha value is -2.65. The second-order valence-corrected chi connectivity index (χ2v) is 4.90. The molecular formula is C13H13F3N2O5. The van der Waals surface area contributed by atoms with Gasteiger partial charge in [-0.15, -0.1) is 0 Å². The molecule has 2 N–H and O–H groups in total. The van der Waals surface area contributed by atoms with Gasteiger partial charge in [-0.3, -0.25) is 19.7 Å². The number of rotatable bonds is 6. The average molecular weight is 334 g/mol. The van der Waals surface area contributed by atoms with Crippen LogP contribution in [0, 0.1) is 16.0 Å². The van der Waals surface area contributed by atoms with E-state index < -0.39 is 45.7 Å². The van der Waals surface area contributed by atoms with Crippen molar-refractivity contribution in [1.29, 1.82) is 0 Å². The van der Waals surface area contributed by atoms with Crippen LogP contribution in [0.3, 0.4) is 0 Å². The van der Waals surface area contributed by atoms with Crippen LogP contribution in [-0.4, -0.2) is 28.5 Å². The summed E-state index contributed by atoms with van der Waals surface area (Å²) >= 11 is 0. The number of carboxylic acids is 1. The highest BCUT2D eigenvalue weighted by Gasteiger charge is 2.34. The minimum atomic E-state index is -4.77. The number of carboxylic acid groups (broad SMARTS) is 1. The number of aliphatic carboxylic acids is 1. The third-order valence-corrected chi connectivity index (χ3v) is 2.90. The molecule has 1 atom stereocenters. The van der Waals surface area contributed by atoms with Crippen molar-refractivity contribution < 1.29 is 32.8 Å². The Morgan fingerprint density at radius 1 is 1.39 bits per heavy atom. The van der Waals surface area contributed by atoms with Crippen molar-refractivity contribution in [3.63, 3.8) is 0 Å². The Balaban J connectivity index is 2.96. The van der Waals surface area contributed by atoms with Crippen LogP contribution < -0.4 is 5.32 Å². The van der Waals surface area contributed by atoms with Crippen molar-refractivity contribution in [2.45, 2.75) is 19.5 Å². The molecule has 0 saturated carbocycles. The monoisotopic (exact) mass is 334 g/mol. The lowest BCUT2D eigenvalue weighted by Gasteiger charge is -2.11. The summed E-state index contributed by atoms with van der Waals surface area (Å²) in [6.07, 6.45) is -4.99. The van der Waals surface area contributed by atoms with Gasteiger partial charge in [-0.1, -0.05) is 6.92 Å². The lowest BCUT2D eigenvalue weighted by Crippen LogP contribution is -2.29. The summed E-state index contributed by atoms with van der Waals surface area (Å²) in [6.45, 7) is 1.46. The molecule has 1 rings (SSSR count). The largest absolute Gasteiger partial charge is 0.481 e. The van der Waals surface area contributed by atoms with E-state index in [1.165, 1.54) is 6.92 Å². The number of carbonyl (C=O) groups excluding carboxylic acids is 1. The van der Waals surface area contributed by atoms with Crippen LogP contribution in [-0.2, 0) is 11.0 Å². The van der Waals surface area contributed by atoms with Gasteiger partial charge in [-0.05, 0) is 18.1 Å². The van der Waals surface area contributed by atoms with E-state index in [-0.39, 0.29) is 19.0 Å². The molecule has 0 radical (unpaired) electrons. The van der Waals surface area contributed by atoms with Gasteiger partial charge in [-0.2, -0.15) is 13.2 Å². The van der Waals surface area contributed by atoms with E-state index >= 15 is 0 Å². The number of amides is 1. The van der Waals surface area contributed by atoms with Crippen LogP contribution >= 0.6 is 0 Å². The van der Waals surface area contributed by atoms with E-state index in [2.05, 4.69) is 5.32 Å². The fourth-order valence-corrected chi connectivity index (χ4v) is 1.78. The molecule has 1 aromatic rings. The van der Waals surface area contributed by atoms with Crippen molar-refractivity contribution in [3.05, 3.63) is 39.4 Å². The van der Waals surface area contributed by atoms with Gasteiger partial charge in [0.15, 0.2) is 0 Å². The molecular weight excluding hydrogens is 321 g/mol. The number of nitro benzene ring substituents is 1. The molecule has 0 bridgehead atoms. The van der Waals surface area contributed by atoms with Gasteiger partial charge in [0.05, 0.1) is 10.5 Å². The van der Waals surface area contributed by atoms with Crippen LogP contribution in [0.1, 0.15) is 29.3 Å². The van der Waals surface area contributed by atoms with Gasteiger partial charge < -0.3 is 10.4 Å². The minimum Gasteiger partial charge on any atom is -0.481 e. The third kappa shape index (κ3) is 5.24. The minimum absolute atomic E-state index is 0.0800. The van der Waals surface area contributed by atoms with E-state index in [0.29, 0.717) is 6.07 Å². The lowest BCUT2D eigenvalue weighted by atomic mass is 10.1. The summed E-state index contributed by atoms with van der Waals surface area (Å²) in [5.41, 5.74) is -2.73. The van der Waals surface area contributed by atoms with Crippen molar-refractivity contribution in [1.82, 2.24) is 5.32 Å². The normalized spacial score (nSPS) is 12.5. The van der Waals surface area contributed by atoms with Crippen LogP contribution in [0.15, 0.2) is 18.2 Å². The molecule has 0 saturated heterocycles. The smallest absolute Gasteiger partial charge is 0.416 e. The Kier molecular flexibility index (Phi) is 5.66. The molecule has 0 aliphatic carbocycles. The molecule has 1 amide bonds. The molecule has 0 fully saturated rings. The number of nitrogens with zero attached hydrogens (tertiary/aromatic N) is 1. The number of nitro groups is 1. The Morgan fingerprint density at radius 2 is 2.00 bits per heavy atom. The number of nitrogens with one attached hydrogen (secondary N) is 1. The second kappa shape index (κ2) is 7.07. The maximum Gasteiger partial charge on any atom is 0.416 e. The number of carbonyl (C=O) groups is 2. The van der Waals surface area contributed by atoms with Gasteiger partial charge in [0.1, 0.15) is 5.56 Å². The molecule has 0 spiro atoms. The van der Waals surface area contributed by atoms with Crippen molar-refractivity contribution in [2.24, 2.45) is 5.92 Å². The SMILES string of the molecule is CC(CNC(=O)c1ccc(C(F)(F)F)cc1[N+](=O)[O-])CC(=O)O. The average Bonchev–Trinajstić information content (AvgIpc) is 2.42. The van der Waals surface area contributed by atoms with E-state index in [9.17, 15) is 32.9 Å². The highest BCUT2D eigenvalue weighted by atomic mass is 19.4. The van der Waals surface area contributed by atoms with Gasteiger partial charge in [0.2, 0.25) is 0 Å². The second-order valence-electron chi connectivity index (χ2n) is 4.90. The fourth-order valence-electron chi connectivity index (χ4n) is 1.78. The molecule has 7 nitrogen and oxygen atoms in total. The Labute approximate surface area is 128 Å². The maximum absolute atomic E-state index is 12.6. The zero-order chi connectivity index (χ0) is 17.8. The van der Waals surface area contributed by atoms with Crippen LogP contribution in [0.4, 0.5) is 18.9 Å². The number of hydrogen-bond acceptors (Lipinski definition) is 4. The third-order valence-electron chi connectivity index (χ3n) is 2.90. The maximum atomic E-state index is 12.6. The first-order chi connectivity index (χ1) is 10.5. The first kappa shape index (κ1) is 18.4.